The van der Waals surface area contributed by atoms with Crippen LogP contribution in [0.15, 0.2) is 16.0 Å². The molecule has 0 atom stereocenters. The standard InChI is InChI=1S/C9H16N2OS/c1-9(2,12)8-11-5-7(4-10-3)6-13-8/h6,10,12H,4-5H2,1-3H3. The lowest BCUT2D eigenvalue weighted by Crippen LogP contribution is -2.30. The third-order valence-electron chi connectivity index (χ3n) is 1.69. The van der Waals surface area contributed by atoms with Gasteiger partial charge in [0.15, 0.2) is 0 Å². The van der Waals surface area contributed by atoms with Crippen molar-refractivity contribution >= 4 is 16.8 Å². The van der Waals surface area contributed by atoms with E-state index in [1.54, 1.807) is 13.8 Å². The van der Waals surface area contributed by atoms with E-state index in [1.165, 1.54) is 17.3 Å². The fraction of sp³-hybridized carbons (Fsp3) is 0.667. The van der Waals surface area contributed by atoms with Crippen LogP contribution in [0.1, 0.15) is 13.8 Å². The maximum absolute atomic E-state index is 9.66. The first-order chi connectivity index (χ1) is 6.04. The summed E-state index contributed by atoms with van der Waals surface area (Å²) in [5, 5.41) is 15.6. The summed E-state index contributed by atoms with van der Waals surface area (Å²) in [6.45, 7) is 5.09. The molecule has 0 saturated carbocycles. The Morgan fingerprint density at radius 3 is 2.77 bits per heavy atom. The summed E-state index contributed by atoms with van der Waals surface area (Å²) in [4.78, 5) is 4.32. The summed E-state index contributed by atoms with van der Waals surface area (Å²) < 4.78 is 0. The van der Waals surface area contributed by atoms with Crippen LogP contribution >= 0.6 is 11.8 Å². The number of likely N-dealkylation sites (N-methyl/N-ethyl adjacent to an activating group) is 1. The minimum Gasteiger partial charge on any atom is -0.384 e. The van der Waals surface area contributed by atoms with Crippen molar-refractivity contribution in [3.8, 4) is 0 Å². The molecule has 4 heteroatoms. The molecule has 0 fully saturated rings. The number of hydrogen-bond acceptors (Lipinski definition) is 4. The highest BCUT2D eigenvalue weighted by Gasteiger charge is 2.22. The van der Waals surface area contributed by atoms with Gasteiger partial charge in [0.2, 0.25) is 0 Å². The lowest BCUT2D eigenvalue weighted by atomic mass is 10.1. The highest BCUT2D eigenvalue weighted by Crippen LogP contribution is 2.23. The van der Waals surface area contributed by atoms with Crippen LogP contribution in [0, 0.1) is 0 Å². The average molecular weight is 200 g/mol. The minimum absolute atomic E-state index is 0.702. The zero-order valence-electron chi connectivity index (χ0n) is 8.29. The average Bonchev–Trinajstić information content (AvgIpc) is 2.04. The first-order valence-corrected chi connectivity index (χ1v) is 5.18. The lowest BCUT2D eigenvalue weighted by Gasteiger charge is -2.21. The van der Waals surface area contributed by atoms with Gasteiger partial charge in [0.25, 0.3) is 0 Å². The number of nitrogens with zero attached hydrogens (tertiary/aromatic N) is 1. The summed E-state index contributed by atoms with van der Waals surface area (Å²) in [5.41, 5.74) is 0.465. The van der Waals surface area contributed by atoms with E-state index in [-0.39, 0.29) is 0 Å². The Kier molecular flexibility index (Phi) is 3.53. The number of hydrogen-bond donors (Lipinski definition) is 2. The Labute approximate surface area is 83.3 Å². The van der Waals surface area contributed by atoms with Gasteiger partial charge >= 0.3 is 0 Å². The van der Waals surface area contributed by atoms with Crippen molar-refractivity contribution in [1.82, 2.24) is 5.32 Å². The molecular formula is C9H16N2OS. The Hall–Kier alpha value is -0.320. The molecule has 3 nitrogen and oxygen atoms in total. The van der Waals surface area contributed by atoms with E-state index in [2.05, 4.69) is 15.7 Å². The molecule has 0 unspecified atom stereocenters. The molecule has 1 rings (SSSR count). The SMILES string of the molecule is CNCC1=CSC(C(C)(C)O)=NC1. The third kappa shape index (κ3) is 3.14. The predicted molar refractivity (Wildman–Crippen MR) is 58.2 cm³/mol. The van der Waals surface area contributed by atoms with Crippen molar-refractivity contribution in [2.45, 2.75) is 19.4 Å². The monoisotopic (exact) mass is 200 g/mol. The second-order valence-corrected chi connectivity index (χ2v) is 4.46. The minimum atomic E-state index is -0.799. The first kappa shape index (κ1) is 10.8. The van der Waals surface area contributed by atoms with Gasteiger partial charge in [-0.1, -0.05) is 11.8 Å². The predicted octanol–water partition coefficient (Wildman–Crippen LogP) is 1.01. The van der Waals surface area contributed by atoms with Crippen LogP contribution in [-0.4, -0.2) is 35.9 Å². The van der Waals surface area contributed by atoms with E-state index in [1.807, 2.05) is 7.05 Å². The fourth-order valence-corrected chi connectivity index (χ4v) is 1.91. The van der Waals surface area contributed by atoms with Gasteiger partial charge in [0.1, 0.15) is 10.6 Å². The number of thioether (sulfide) groups is 1. The summed E-state index contributed by atoms with van der Waals surface area (Å²) in [7, 11) is 1.92. The van der Waals surface area contributed by atoms with Crippen LogP contribution in [0.2, 0.25) is 0 Å². The molecule has 0 aromatic heterocycles. The molecule has 1 aliphatic heterocycles. The van der Waals surface area contributed by atoms with Crippen LogP contribution in [0.25, 0.3) is 0 Å². The van der Waals surface area contributed by atoms with Crippen LogP contribution in [-0.2, 0) is 0 Å². The number of aliphatic imine (C=N–C) groups is 1. The van der Waals surface area contributed by atoms with Crippen LogP contribution in [0.4, 0.5) is 0 Å². The summed E-state index contributed by atoms with van der Waals surface area (Å²) in [5.74, 6) is 0. The van der Waals surface area contributed by atoms with Gasteiger partial charge in [-0.2, -0.15) is 0 Å². The molecule has 0 radical (unpaired) electrons. The van der Waals surface area contributed by atoms with Crippen molar-refractivity contribution < 1.29 is 5.11 Å². The van der Waals surface area contributed by atoms with E-state index in [9.17, 15) is 5.11 Å². The molecule has 0 aromatic rings. The van der Waals surface area contributed by atoms with Gasteiger partial charge in [-0.15, -0.1) is 0 Å². The quantitative estimate of drug-likeness (QED) is 0.714. The number of aliphatic hydroxyl groups is 1. The van der Waals surface area contributed by atoms with E-state index in [4.69, 9.17) is 0 Å². The maximum atomic E-state index is 9.66. The van der Waals surface area contributed by atoms with Gasteiger partial charge in [-0.3, -0.25) is 4.99 Å². The van der Waals surface area contributed by atoms with Gasteiger partial charge in [0.05, 0.1) is 6.54 Å². The molecule has 0 saturated heterocycles. The van der Waals surface area contributed by atoms with E-state index in [0.717, 1.165) is 11.6 Å². The summed E-state index contributed by atoms with van der Waals surface area (Å²) in [6.07, 6.45) is 0. The molecule has 0 aliphatic carbocycles. The van der Waals surface area contributed by atoms with Crippen molar-refractivity contribution in [3.63, 3.8) is 0 Å². The molecule has 0 bridgehead atoms. The zero-order valence-corrected chi connectivity index (χ0v) is 9.11. The van der Waals surface area contributed by atoms with Crippen molar-refractivity contribution in [3.05, 3.63) is 11.0 Å². The molecule has 0 amide bonds. The second-order valence-electron chi connectivity index (χ2n) is 3.60. The molecular weight excluding hydrogens is 184 g/mol. The Balaban J connectivity index is 2.53. The van der Waals surface area contributed by atoms with Crippen LogP contribution in [0.3, 0.4) is 0 Å². The highest BCUT2D eigenvalue weighted by atomic mass is 32.2. The summed E-state index contributed by atoms with van der Waals surface area (Å²) >= 11 is 1.52. The lowest BCUT2D eigenvalue weighted by molar-refractivity contribution is 0.157. The van der Waals surface area contributed by atoms with E-state index < -0.39 is 5.60 Å². The molecule has 13 heavy (non-hydrogen) atoms. The number of rotatable bonds is 3. The molecule has 74 valence electrons. The summed E-state index contributed by atoms with van der Waals surface area (Å²) in [6, 6.07) is 0. The second kappa shape index (κ2) is 4.26. The Morgan fingerprint density at radius 1 is 1.69 bits per heavy atom. The fourth-order valence-electron chi connectivity index (χ4n) is 1.05. The smallest absolute Gasteiger partial charge is 0.107 e. The maximum Gasteiger partial charge on any atom is 0.107 e. The van der Waals surface area contributed by atoms with Gasteiger partial charge in [0, 0.05) is 6.54 Å². The van der Waals surface area contributed by atoms with Crippen molar-refractivity contribution in [1.29, 1.82) is 0 Å². The normalized spacial score (nSPS) is 18.2. The molecule has 1 aliphatic rings. The highest BCUT2D eigenvalue weighted by molar-refractivity contribution is 8.16. The molecule has 0 aromatic carbocycles. The van der Waals surface area contributed by atoms with Gasteiger partial charge in [-0.25, -0.2) is 0 Å². The molecule has 1 heterocycles. The van der Waals surface area contributed by atoms with Gasteiger partial charge < -0.3 is 10.4 Å². The van der Waals surface area contributed by atoms with E-state index >= 15 is 0 Å². The first-order valence-electron chi connectivity index (χ1n) is 4.30. The molecule has 2 N–H and O–H groups in total. The van der Waals surface area contributed by atoms with E-state index in [0.29, 0.717) is 6.54 Å². The largest absolute Gasteiger partial charge is 0.384 e. The van der Waals surface area contributed by atoms with Crippen molar-refractivity contribution in [2.24, 2.45) is 4.99 Å². The van der Waals surface area contributed by atoms with Gasteiger partial charge in [-0.05, 0) is 31.9 Å². The molecule has 0 spiro atoms. The topological polar surface area (TPSA) is 44.6 Å². The zero-order chi connectivity index (χ0) is 9.90. The Morgan fingerprint density at radius 2 is 2.38 bits per heavy atom. The third-order valence-corrected chi connectivity index (χ3v) is 2.99. The van der Waals surface area contributed by atoms with Crippen LogP contribution < -0.4 is 5.32 Å². The Bertz CT molecular complexity index is 240. The van der Waals surface area contributed by atoms with Crippen molar-refractivity contribution in [2.75, 3.05) is 20.1 Å². The number of nitrogens with one attached hydrogen (secondary N) is 1. The van der Waals surface area contributed by atoms with Crippen LogP contribution in [0.5, 0.6) is 0 Å².